The van der Waals surface area contributed by atoms with Gasteiger partial charge in [0, 0.05) is 43.8 Å². The average Bonchev–Trinajstić information content (AvgIpc) is 2.07. The first-order chi connectivity index (χ1) is 40.0. The molecule has 0 saturated heterocycles. The van der Waals surface area contributed by atoms with Crippen LogP contribution in [0.15, 0.2) is 170 Å². The summed E-state index contributed by atoms with van der Waals surface area (Å²) in [5.41, 5.74) is 9.96. The first-order valence-corrected chi connectivity index (χ1v) is 28.6. The molecule has 0 unspecified atom stereocenters. The molecule has 0 radical (unpaired) electrons. The van der Waals surface area contributed by atoms with E-state index >= 15 is 0 Å². The van der Waals surface area contributed by atoms with Gasteiger partial charge in [-0.3, -0.25) is 0 Å². The third-order valence-electron chi connectivity index (χ3n) is 15.5. The Labute approximate surface area is 522 Å². The van der Waals surface area contributed by atoms with Crippen molar-refractivity contribution in [2.75, 3.05) is 0 Å². The molecule has 0 atom stereocenters. The standard InChI is InChI=1S/C72H66N8O4.2CH3.Zn/c1-69(2,3)41-13-21-45(22-14-41)81-49-29-33-53-57(37-49)65-73-61(53)78-66-59-39-51(83-47-25-17-43(18-26-47)71(7,8)9)31-35-55(59)63(75-66)80-68-60-40-52(84-48-27-19-44(20-28-48)72(10,11)12)32-36-56(60)64(76-68)79-67-58-38-50(30-34-54(58)62(74-67)77-65)82-46-23-15-42(16-24-46)70(4,5)6;;;/h13-40H,1-12H3,(H2,73,74,75,76,77,78,79,80);2*1H3;/q;2*-1;+2. The fourth-order valence-corrected chi connectivity index (χ4v) is 10.6. The van der Waals surface area contributed by atoms with Gasteiger partial charge in [0.1, 0.15) is 68.6 Å². The van der Waals surface area contributed by atoms with Gasteiger partial charge >= 0.3 is 19.5 Å². The van der Waals surface area contributed by atoms with Gasteiger partial charge < -0.3 is 43.8 Å². The minimum atomic E-state index is -0.00322. The Morgan fingerprint density at radius 3 is 0.759 bits per heavy atom. The molecule has 0 saturated carbocycles. The molecule has 0 aliphatic carbocycles. The van der Waals surface area contributed by atoms with Crippen molar-refractivity contribution < 1.29 is 38.4 Å². The number of benzene rings is 8. The van der Waals surface area contributed by atoms with Crippen molar-refractivity contribution in [2.24, 2.45) is 0 Å². The van der Waals surface area contributed by atoms with E-state index in [4.69, 9.17) is 48.9 Å². The number of nitrogens with zero attached hydrogens (tertiary/aromatic N) is 6. The molecule has 8 aromatic carbocycles. The third-order valence-corrected chi connectivity index (χ3v) is 15.5. The summed E-state index contributed by atoms with van der Waals surface area (Å²) < 4.78 is 26.3. The Morgan fingerprint density at radius 1 is 0.253 bits per heavy atom. The van der Waals surface area contributed by atoms with Crippen molar-refractivity contribution in [3.8, 4) is 91.5 Å². The van der Waals surface area contributed by atoms with E-state index in [9.17, 15) is 0 Å². The molecule has 0 fully saturated rings. The summed E-state index contributed by atoms with van der Waals surface area (Å²) >= 11 is 0. The van der Waals surface area contributed by atoms with Crippen molar-refractivity contribution in [3.63, 3.8) is 0 Å². The zero-order valence-corrected chi connectivity index (χ0v) is 55.2. The number of nitrogens with one attached hydrogen (secondary N) is 2. The normalized spacial score (nSPS) is 12.1. The van der Waals surface area contributed by atoms with Crippen molar-refractivity contribution in [1.29, 1.82) is 0 Å². The van der Waals surface area contributed by atoms with Crippen LogP contribution in [0, 0.1) is 14.9 Å². The topological polar surface area (TPSA) is 146 Å². The van der Waals surface area contributed by atoms with Crippen molar-refractivity contribution >= 4 is 44.1 Å². The first kappa shape index (κ1) is 61.0. The van der Waals surface area contributed by atoms with Crippen LogP contribution in [-0.4, -0.2) is 39.9 Å². The maximum absolute atomic E-state index is 6.57. The monoisotopic (exact) mass is 1200 g/mol. The van der Waals surface area contributed by atoms with Crippen LogP contribution in [-0.2, 0) is 41.1 Å². The van der Waals surface area contributed by atoms with Crippen LogP contribution in [0.2, 0.25) is 0 Å². The van der Waals surface area contributed by atoms with Crippen LogP contribution in [0.25, 0.3) is 89.7 Å². The van der Waals surface area contributed by atoms with Crippen LogP contribution < -0.4 is 18.9 Å². The summed E-state index contributed by atoms with van der Waals surface area (Å²) in [6.07, 6.45) is 0. The molecule has 434 valence electrons. The van der Waals surface area contributed by atoms with Gasteiger partial charge in [0.15, 0.2) is 23.3 Å². The van der Waals surface area contributed by atoms with Crippen LogP contribution >= 0.6 is 0 Å². The fraction of sp³-hybridized carbons (Fsp3) is 0.216. The minimum absolute atomic E-state index is 0. The van der Waals surface area contributed by atoms with Gasteiger partial charge in [0.25, 0.3) is 0 Å². The number of aromatic amines is 2. The summed E-state index contributed by atoms with van der Waals surface area (Å²) in [5.74, 6) is 7.11. The molecule has 13 heteroatoms. The predicted octanol–water partition coefficient (Wildman–Crippen LogP) is 20.1. The molecular formula is C74H72N8O4Zn. The first-order valence-electron chi connectivity index (χ1n) is 28.6. The van der Waals surface area contributed by atoms with E-state index in [1.807, 2.05) is 121 Å². The fourth-order valence-electron chi connectivity index (χ4n) is 10.6. The van der Waals surface area contributed by atoms with E-state index < -0.39 is 0 Å². The summed E-state index contributed by atoms with van der Waals surface area (Å²) in [6, 6.07) is 56.6. The van der Waals surface area contributed by atoms with E-state index in [2.05, 4.69) is 142 Å². The van der Waals surface area contributed by atoms with Gasteiger partial charge in [-0.05, 0) is 165 Å². The molecule has 3 aromatic heterocycles. The molecule has 13 rings (SSSR count). The minimum Gasteiger partial charge on any atom is -0.457 e. The molecule has 0 spiro atoms. The zero-order valence-electron chi connectivity index (χ0n) is 52.2. The SMILES string of the molecule is CC(C)(C)c1ccc(Oc2ccc3c(c2)-c2nc-3nc3[nH]c(nc4nc(nc5[nH]c(n2)c2ccc(Oc6ccc(C(C)(C)C)cc6)cc52)-c2ccc(Oc5ccc(C(C)(C)C)cc5)cc2-4)c2ccc(Oc4ccc(C(C)(C)C)cc4)cc32)cc1.[CH3-].[CH3-].[Zn+2]. The second-order valence-corrected chi connectivity index (χ2v) is 25.9. The quantitative estimate of drug-likeness (QED) is 0.111. The molecule has 2 aliphatic heterocycles. The second kappa shape index (κ2) is 23.0. The molecule has 87 heavy (non-hydrogen) atoms. The Bertz CT molecular complexity index is 4270. The van der Waals surface area contributed by atoms with Crippen LogP contribution in [0.1, 0.15) is 105 Å². The number of fused-ring (bicyclic) bond motifs is 20. The molecule has 2 aliphatic rings. The average molecular weight is 1200 g/mol. The van der Waals surface area contributed by atoms with Gasteiger partial charge in [-0.2, -0.15) is 0 Å². The van der Waals surface area contributed by atoms with E-state index in [0.29, 0.717) is 91.9 Å². The van der Waals surface area contributed by atoms with Crippen LogP contribution in [0.4, 0.5) is 0 Å². The summed E-state index contributed by atoms with van der Waals surface area (Å²) in [7, 11) is 0. The van der Waals surface area contributed by atoms with Gasteiger partial charge in [0.2, 0.25) is 0 Å². The Hall–Kier alpha value is -9.06. The molecular weight excluding hydrogens is 1130 g/mol. The van der Waals surface area contributed by atoms with E-state index in [0.717, 1.165) is 43.8 Å². The van der Waals surface area contributed by atoms with Gasteiger partial charge in [-0.25, -0.2) is 29.9 Å². The van der Waals surface area contributed by atoms with Crippen molar-refractivity contribution in [2.45, 2.75) is 105 Å². The van der Waals surface area contributed by atoms with Crippen molar-refractivity contribution in [3.05, 3.63) is 207 Å². The number of ether oxygens (including phenoxy) is 4. The Balaban J connectivity index is 0.00000279. The molecule has 11 aromatic rings. The zero-order chi connectivity index (χ0) is 58.5. The summed E-state index contributed by atoms with van der Waals surface area (Å²) in [5, 5.41) is 3.12. The van der Waals surface area contributed by atoms with Gasteiger partial charge in [0.05, 0.1) is 0 Å². The van der Waals surface area contributed by atoms with E-state index in [1.165, 1.54) is 22.3 Å². The maximum atomic E-state index is 6.57. The smallest absolute Gasteiger partial charge is 0.457 e. The molecule has 2 N–H and O–H groups in total. The number of H-pyrrole nitrogens is 2. The van der Waals surface area contributed by atoms with E-state index in [-0.39, 0.29) is 56.0 Å². The maximum Gasteiger partial charge on any atom is 2.00 e. The molecule has 0 amide bonds. The largest absolute Gasteiger partial charge is 2.00 e. The molecule has 5 heterocycles. The number of aromatic nitrogens is 8. The van der Waals surface area contributed by atoms with Gasteiger partial charge in [-0.1, -0.05) is 132 Å². The number of hydrogen-bond donors (Lipinski definition) is 2. The second-order valence-electron chi connectivity index (χ2n) is 25.9. The molecule has 12 nitrogen and oxygen atoms in total. The van der Waals surface area contributed by atoms with Gasteiger partial charge in [-0.15, -0.1) is 0 Å². The van der Waals surface area contributed by atoms with Crippen LogP contribution in [0.3, 0.4) is 0 Å². The van der Waals surface area contributed by atoms with E-state index in [1.54, 1.807) is 0 Å². The molecule has 8 bridgehead atoms. The number of rotatable bonds is 8. The summed E-state index contributed by atoms with van der Waals surface area (Å²) in [6.45, 7) is 26.4. The Morgan fingerprint density at radius 2 is 0.483 bits per heavy atom. The Kier molecular flexibility index (Phi) is 16.1. The summed E-state index contributed by atoms with van der Waals surface area (Å²) in [4.78, 5) is 39.2. The van der Waals surface area contributed by atoms with Crippen LogP contribution in [0.5, 0.6) is 46.0 Å². The number of hydrogen-bond acceptors (Lipinski definition) is 10. The van der Waals surface area contributed by atoms with Crippen molar-refractivity contribution in [1.82, 2.24) is 39.9 Å². The third kappa shape index (κ3) is 12.4. The predicted molar refractivity (Wildman–Crippen MR) is 350 cm³/mol.